The molecule has 5 heteroatoms. The van der Waals surface area contributed by atoms with Gasteiger partial charge in [0.25, 0.3) is 0 Å². The van der Waals surface area contributed by atoms with Crippen LogP contribution in [-0.4, -0.2) is 58.6 Å². The smallest absolute Gasteiger partial charge is 0.242 e. The van der Waals surface area contributed by atoms with Crippen LogP contribution in [0.25, 0.3) is 0 Å². The van der Waals surface area contributed by atoms with Gasteiger partial charge in [0.15, 0.2) is 0 Å². The topological polar surface area (TPSA) is 56.7 Å². The van der Waals surface area contributed by atoms with Crippen molar-refractivity contribution >= 4 is 5.91 Å². The van der Waals surface area contributed by atoms with Gasteiger partial charge in [-0.1, -0.05) is 0 Å². The Bertz CT molecular complexity index is 396. The zero-order valence-corrected chi connectivity index (χ0v) is 10.6. The largest absolute Gasteiger partial charge is 0.394 e. The lowest BCUT2D eigenvalue weighted by Crippen LogP contribution is -2.46. The molecule has 5 nitrogen and oxygen atoms in total. The first kappa shape index (κ1) is 13.0. The summed E-state index contributed by atoms with van der Waals surface area (Å²) in [5.74, 6) is 0.00376. The predicted octanol–water partition coefficient (Wildman–Crippen LogP) is 0.107. The number of nitrogens with zero attached hydrogens (tertiary/aromatic N) is 3. The van der Waals surface area contributed by atoms with Gasteiger partial charge < -0.3 is 10.0 Å². The Balaban J connectivity index is 2.12. The highest BCUT2D eigenvalue weighted by atomic mass is 16.3. The number of carbonyl (C=O) groups is 1. The number of hydrogen-bond acceptors (Lipinski definition) is 4. The SMILES string of the molecule is CN1CCCN(Cc2ccncc2)C(CO)C1=O. The van der Waals surface area contributed by atoms with Crippen molar-refractivity contribution in [2.45, 2.75) is 19.0 Å². The number of amides is 1. The maximum atomic E-state index is 12.1. The summed E-state index contributed by atoms with van der Waals surface area (Å²) in [5, 5.41) is 9.45. The van der Waals surface area contributed by atoms with E-state index in [1.807, 2.05) is 17.0 Å². The van der Waals surface area contributed by atoms with E-state index in [0.717, 1.165) is 25.1 Å². The minimum absolute atomic E-state index is 0.00376. The lowest BCUT2D eigenvalue weighted by Gasteiger charge is -2.28. The molecule has 0 radical (unpaired) electrons. The van der Waals surface area contributed by atoms with Crippen molar-refractivity contribution < 1.29 is 9.90 Å². The number of rotatable bonds is 3. The molecule has 1 aromatic rings. The predicted molar refractivity (Wildman–Crippen MR) is 67.8 cm³/mol. The Morgan fingerprint density at radius 3 is 2.78 bits per heavy atom. The minimum Gasteiger partial charge on any atom is -0.394 e. The number of carbonyl (C=O) groups excluding carboxylic acids is 1. The van der Waals surface area contributed by atoms with Crippen molar-refractivity contribution in [1.82, 2.24) is 14.8 Å². The molecule has 1 amide bonds. The van der Waals surface area contributed by atoms with Gasteiger partial charge in [-0.2, -0.15) is 0 Å². The highest BCUT2D eigenvalue weighted by Gasteiger charge is 2.30. The number of hydrogen-bond donors (Lipinski definition) is 1. The molecule has 1 aliphatic heterocycles. The molecule has 1 N–H and O–H groups in total. The third kappa shape index (κ3) is 2.86. The highest BCUT2D eigenvalue weighted by Crippen LogP contribution is 2.14. The number of aromatic nitrogens is 1. The lowest BCUT2D eigenvalue weighted by atomic mass is 10.2. The van der Waals surface area contributed by atoms with Gasteiger partial charge in [-0.15, -0.1) is 0 Å². The second-order valence-corrected chi connectivity index (χ2v) is 4.64. The summed E-state index contributed by atoms with van der Waals surface area (Å²) >= 11 is 0. The van der Waals surface area contributed by atoms with E-state index < -0.39 is 6.04 Å². The minimum atomic E-state index is -0.425. The van der Waals surface area contributed by atoms with Gasteiger partial charge in [0.2, 0.25) is 5.91 Å². The first-order valence-corrected chi connectivity index (χ1v) is 6.21. The molecule has 0 saturated carbocycles. The van der Waals surface area contributed by atoms with Crippen molar-refractivity contribution in [1.29, 1.82) is 0 Å². The van der Waals surface area contributed by atoms with Gasteiger partial charge >= 0.3 is 0 Å². The molecular weight excluding hydrogens is 230 g/mol. The third-order valence-electron chi connectivity index (χ3n) is 3.35. The number of aliphatic hydroxyl groups is 1. The van der Waals surface area contributed by atoms with E-state index in [-0.39, 0.29) is 12.5 Å². The van der Waals surface area contributed by atoms with E-state index in [1.54, 1.807) is 24.3 Å². The van der Waals surface area contributed by atoms with Gasteiger partial charge in [0.1, 0.15) is 6.04 Å². The van der Waals surface area contributed by atoms with E-state index in [2.05, 4.69) is 4.98 Å². The average Bonchev–Trinajstić information content (AvgIpc) is 2.51. The van der Waals surface area contributed by atoms with Gasteiger partial charge in [-0.25, -0.2) is 0 Å². The first-order valence-electron chi connectivity index (χ1n) is 6.21. The van der Waals surface area contributed by atoms with E-state index >= 15 is 0 Å². The van der Waals surface area contributed by atoms with E-state index in [1.165, 1.54) is 0 Å². The molecule has 18 heavy (non-hydrogen) atoms. The second-order valence-electron chi connectivity index (χ2n) is 4.64. The van der Waals surface area contributed by atoms with Crippen LogP contribution in [0.2, 0.25) is 0 Å². The van der Waals surface area contributed by atoms with Crippen molar-refractivity contribution in [3.63, 3.8) is 0 Å². The molecule has 1 unspecified atom stereocenters. The van der Waals surface area contributed by atoms with Gasteiger partial charge in [0.05, 0.1) is 6.61 Å². The normalized spacial score (nSPS) is 22.0. The monoisotopic (exact) mass is 249 g/mol. The van der Waals surface area contributed by atoms with Gasteiger partial charge in [-0.05, 0) is 24.1 Å². The molecule has 1 aliphatic rings. The molecule has 2 heterocycles. The summed E-state index contributed by atoms with van der Waals surface area (Å²) in [5.41, 5.74) is 1.11. The molecular formula is C13H19N3O2. The fourth-order valence-electron chi connectivity index (χ4n) is 2.29. The van der Waals surface area contributed by atoms with Crippen LogP contribution in [-0.2, 0) is 11.3 Å². The third-order valence-corrected chi connectivity index (χ3v) is 3.35. The first-order chi connectivity index (χ1) is 8.72. The molecule has 0 spiro atoms. The second kappa shape index (κ2) is 5.93. The summed E-state index contributed by atoms with van der Waals surface area (Å²) in [6.07, 6.45) is 4.42. The molecule has 2 rings (SSSR count). The molecule has 98 valence electrons. The fourth-order valence-corrected chi connectivity index (χ4v) is 2.29. The highest BCUT2D eigenvalue weighted by molar-refractivity contribution is 5.82. The Hall–Kier alpha value is -1.46. The number of likely N-dealkylation sites (N-methyl/N-ethyl adjacent to an activating group) is 1. The summed E-state index contributed by atoms with van der Waals surface area (Å²) in [6, 6.07) is 3.45. The molecule has 0 aliphatic carbocycles. The molecule has 1 saturated heterocycles. The number of pyridine rings is 1. The molecule has 0 aromatic carbocycles. The molecule has 1 aromatic heterocycles. The fraction of sp³-hybridized carbons (Fsp3) is 0.538. The van der Waals surface area contributed by atoms with E-state index in [4.69, 9.17) is 0 Å². The summed E-state index contributed by atoms with van der Waals surface area (Å²) < 4.78 is 0. The van der Waals surface area contributed by atoms with Crippen LogP contribution in [0.5, 0.6) is 0 Å². The van der Waals surface area contributed by atoms with Crippen LogP contribution in [0.15, 0.2) is 24.5 Å². The van der Waals surface area contributed by atoms with Crippen LogP contribution >= 0.6 is 0 Å². The molecule has 0 bridgehead atoms. The molecule has 1 atom stereocenters. The van der Waals surface area contributed by atoms with Crippen molar-refractivity contribution in [2.24, 2.45) is 0 Å². The van der Waals surface area contributed by atoms with Gasteiger partial charge in [-0.3, -0.25) is 14.7 Å². The van der Waals surface area contributed by atoms with Crippen LogP contribution < -0.4 is 0 Å². The zero-order valence-electron chi connectivity index (χ0n) is 10.6. The van der Waals surface area contributed by atoms with Crippen molar-refractivity contribution in [3.05, 3.63) is 30.1 Å². The van der Waals surface area contributed by atoms with Crippen molar-refractivity contribution in [3.8, 4) is 0 Å². The van der Waals surface area contributed by atoms with Crippen LogP contribution in [0.1, 0.15) is 12.0 Å². The molecule has 1 fully saturated rings. The average molecular weight is 249 g/mol. The van der Waals surface area contributed by atoms with Crippen LogP contribution in [0.4, 0.5) is 0 Å². The number of aliphatic hydroxyl groups excluding tert-OH is 1. The summed E-state index contributed by atoms with van der Waals surface area (Å²) in [6.45, 7) is 2.12. The van der Waals surface area contributed by atoms with Crippen molar-refractivity contribution in [2.75, 3.05) is 26.7 Å². The summed E-state index contributed by atoms with van der Waals surface area (Å²) in [7, 11) is 1.79. The summed E-state index contributed by atoms with van der Waals surface area (Å²) in [4.78, 5) is 19.8. The van der Waals surface area contributed by atoms with Crippen LogP contribution in [0.3, 0.4) is 0 Å². The van der Waals surface area contributed by atoms with Crippen LogP contribution in [0, 0.1) is 0 Å². The van der Waals surface area contributed by atoms with Gasteiger partial charge in [0, 0.05) is 39.1 Å². The van der Waals surface area contributed by atoms with E-state index in [0.29, 0.717) is 6.54 Å². The zero-order chi connectivity index (χ0) is 13.0. The Morgan fingerprint density at radius 2 is 2.11 bits per heavy atom. The Kier molecular flexibility index (Phi) is 4.28. The Labute approximate surface area is 107 Å². The van der Waals surface area contributed by atoms with E-state index in [9.17, 15) is 9.90 Å². The lowest BCUT2D eigenvalue weighted by molar-refractivity contribution is -0.135. The maximum absolute atomic E-state index is 12.1. The standard InChI is InChI=1S/C13H19N3O2/c1-15-7-2-8-16(12(10-17)13(15)18)9-11-3-5-14-6-4-11/h3-6,12,17H,2,7-10H2,1H3. The Morgan fingerprint density at radius 1 is 1.39 bits per heavy atom. The quantitative estimate of drug-likeness (QED) is 0.826. The maximum Gasteiger partial charge on any atom is 0.242 e.